The Balaban J connectivity index is 2.50. The number of rotatable bonds is 1. The van der Waals surface area contributed by atoms with Crippen molar-refractivity contribution in [2.24, 2.45) is 0 Å². The standard InChI is InChI=1S/C9H8N2O3/c1-6(2)7-3-4-8-9(5-7)11(13)14-10(8)12/h3-5H,1H2,2H3/q-2. The van der Waals surface area contributed by atoms with Crippen LogP contribution < -0.4 is 10.5 Å². The summed E-state index contributed by atoms with van der Waals surface area (Å²) in [6.07, 6.45) is 0. The molecule has 0 spiro atoms. The van der Waals surface area contributed by atoms with Crippen LogP contribution in [0, 0.1) is 10.4 Å². The number of hydrogen-bond acceptors (Lipinski definition) is 5. The zero-order valence-corrected chi connectivity index (χ0v) is 7.56. The number of anilines is 2. The van der Waals surface area contributed by atoms with E-state index in [1.807, 2.05) is 6.92 Å². The van der Waals surface area contributed by atoms with Crippen molar-refractivity contribution in [2.45, 2.75) is 6.92 Å². The normalized spacial score (nSPS) is 14.5. The second-order valence-corrected chi connectivity index (χ2v) is 3.08. The van der Waals surface area contributed by atoms with Gasteiger partial charge in [0.1, 0.15) is 0 Å². The highest BCUT2D eigenvalue weighted by Crippen LogP contribution is 2.37. The van der Waals surface area contributed by atoms with Crippen molar-refractivity contribution in [3.63, 3.8) is 0 Å². The van der Waals surface area contributed by atoms with E-state index < -0.39 is 0 Å². The van der Waals surface area contributed by atoms with Crippen LogP contribution in [-0.4, -0.2) is 0 Å². The van der Waals surface area contributed by atoms with Crippen molar-refractivity contribution < 1.29 is 4.94 Å². The van der Waals surface area contributed by atoms with Gasteiger partial charge in [0.05, 0.1) is 11.4 Å². The van der Waals surface area contributed by atoms with Crippen LogP contribution in [0.2, 0.25) is 0 Å². The first-order valence-corrected chi connectivity index (χ1v) is 4.02. The van der Waals surface area contributed by atoms with Crippen molar-refractivity contribution in [3.05, 3.63) is 40.8 Å². The monoisotopic (exact) mass is 192 g/mol. The summed E-state index contributed by atoms with van der Waals surface area (Å²) in [6.45, 7) is 5.56. The molecule has 1 aliphatic rings. The summed E-state index contributed by atoms with van der Waals surface area (Å²) in [7, 11) is 0. The molecule has 1 aromatic carbocycles. The minimum Gasteiger partial charge on any atom is -0.731 e. The molecule has 0 amide bonds. The lowest BCUT2D eigenvalue weighted by Crippen LogP contribution is -2.17. The molecule has 0 unspecified atom stereocenters. The highest BCUT2D eigenvalue weighted by molar-refractivity contribution is 5.78. The van der Waals surface area contributed by atoms with Crippen molar-refractivity contribution >= 4 is 16.9 Å². The smallest absolute Gasteiger partial charge is 0.0789 e. The third-order valence-corrected chi connectivity index (χ3v) is 2.01. The van der Waals surface area contributed by atoms with Crippen molar-refractivity contribution in [2.75, 3.05) is 10.5 Å². The maximum absolute atomic E-state index is 11.1. The molecule has 0 saturated carbocycles. The number of fused-ring (bicyclic) bond motifs is 1. The molecule has 0 aromatic heterocycles. The van der Waals surface area contributed by atoms with Crippen LogP contribution in [0.4, 0.5) is 11.4 Å². The van der Waals surface area contributed by atoms with Crippen LogP contribution >= 0.6 is 0 Å². The van der Waals surface area contributed by atoms with Gasteiger partial charge in [0, 0.05) is 0 Å². The Kier molecular flexibility index (Phi) is 1.92. The predicted octanol–water partition coefficient (Wildman–Crippen LogP) is 2.19. The molecule has 74 valence electrons. The Morgan fingerprint density at radius 3 is 2.57 bits per heavy atom. The van der Waals surface area contributed by atoms with Gasteiger partial charge in [-0.25, -0.2) is 0 Å². The fourth-order valence-electron chi connectivity index (χ4n) is 1.24. The van der Waals surface area contributed by atoms with Gasteiger partial charge >= 0.3 is 0 Å². The van der Waals surface area contributed by atoms with E-state index in [4.69, 9.17) is 0 Å². The molecular weight excluding hydrogens is 184 g/mol. The van der Waals surface area contributed by atoms with Crippen molar-refractivity contribution in [3.8, 4) is 0 Å². The van der Waals surface area contributed by atoms with Crippen LogP contribution in [0.1, 0.15) is 12.5 Å². The molecule has 5 nitrogen and oxygen atoms in total. The molecule has 0 radical (unpaired) electrons. The second kappa shape index (κ2) is 2.98. The van der Waals surface area contributed by atoms with Gasteiger partial charge in [0.2, 0.25) is 0 Å². The Labute approximate surface area is 80.9 Å². The highest BCUT2D eigenvalue weighted by atomic mass is 17.1. The summed E-state index contributed by atoms with van der Waals surface area (Å²) in [5, 5.41) is 22.4. The van der Waals surface area contributed by atoms with E-state index in [-0.39, 0.29) is 21.8 Å². The Hall–Kier alpha value is -1.56. The van der Waals surface area contributed by atoms with Crippen molar-refractivity contribution in [1.82, 2.24) is 0 Å². The number of nitrogens with zero attached hydrogens (tertiary/aromatic N) is 2. The number of hydrogen-bond donors (Lipinski definition) is 0. The number of benzene rings is 1. The third-order valence-electron chi connectivity index (χ3n) is 2.01. The first-order chi connectivity index (χ1) is 6.59. The SMILES string of the molecule is C=C(C)c1ccc2c(c1)N([O-])ON2[O-]. The van der Waals surface area contributed by atoms with Gasteiger partial charge in [0.25, 0.3) is 0 Å². The first kappa shape index (κ1) is 9.01. The zero-order valence-electron chi connectivity index (χ0n) is 7.56. The first-order valence-electron chi connectivity index (χ1n) is 4.02. The van der Waals surface area contributed by atoms with E-state index in [2.05, 4.69) is 11.5 Å². The van der Waals surface area contributed by atoms with Crippen LogP contribution in [-0.2, 0) is 4.94 Å². The maximum Gasteiger partial charge on any atom is 0.0789 e. The summed E-state index contributed by atoms with van der Waals surface area (Å²) >= 11 is 0. The van der Waals surface area contributed by atoms with Crippen LogP contribution in [0.3, 0.4) is 0 Å². The second-order valence-electron chi connectivity index (χ2n) is 3.08. The molecule has 0 aliphatic carbocycles. The van der Waals surface area contributed by atoms with E-state index in [0.29, 0.717) is 0 Å². The molecule has 1 aliphatic heterocycles. The van der Waals surface area contributed by atoms with Crippen LogP contribution in [0.15, 0.2) is 24.8 Å². The molecular formula is C9H8N2O3-2. The zero-order chi connectivity index (χ0) is 10.3. The summed E-state index contributed by atoms with van der Waals surface area (Å²) in [5.74, 6) is 0. The van der Waals surface area contributed by atoms with Crippen LogP contribution in [0.25, 0.3) is 5.57 Å². The van der Waals surface area contributed by atoms with Gasteiger partial charge in [0.15, 0.2) is 0 Å². The van der Waals surface area contributed by atoms with Gasteiger partial charge in [-0.3, -0.25) is 10.5 Å². The Morgan fingerprint density at radius 1 is 1.29 bits per heavy atom. The summed E-state index contributed by atoms with van der Waals surface area (Å²) < 4.78 is 0. The van der Waals surface area contributed by atoms with Gasteiger partial charge in [-0.2, -0.15) is 4.94 Å². The van der Waals surface area contributed by atoms with Crippen LogP contribution in [0.5, 0.6) is 0 Å². The quantitative estimate of drug-likeness (QED) is 0.682. The van der Waals surface area contributed by atoms with E-state index in [0.717, 1.165) is 11.1 Å². The fourth-order valence-corrected chi connectivity index (χ4v) is 1.24. The fraction of sp³-hybridized carbons (Fsp3) is 0.111. The lowest BCUT2D eigenvalue weighted by Gasteiger charge is -2.26. The molecule has 14 heavy (non-hydrogen) atoms. The van der Waals surface area contributed by atoms with E-state index in [1.54, 1.807) is 12.1 Å². The van der Waals surface area contributed by atoms with E-state index >= 15 is 0 Å². The van der Waals surface area contributed by atoms with Gasteiger partial charge in [-0.1, -0.05) is 18.2 Å². The van der Waals surface area contributed by atoms with Gasteiger partial charge < -0.3 is 10.4 Å². The third kappa shape index (κ3) is 1.24. The van der Waals surface area contributed by atoms with Gasteiger partial charge in [-0.05, 0) is 24.6 Å². The van der Waals surface area contributed by atoms with E-state index in [1.165, 1.54) is 6.07 Å². The molecule has 2 rings (SSSR count). The minimum atomic E-state index is 0.185. The average molecular weight is 192 g/mol. The molecule has 1 heterocycles. The summed E-state index contributed by atoms with van der Waals surface area (Å²) in [4.78, 5) is 4.29. The molecule has 5 heteroatoms. The molecule has 0 N–H and O–H groups in total. The molecule has 0 bridgehead atoms. The molecule has 0 saturated heterocycles. The Morgan fingerprint density at radius 2 is 1.93 bits per heavy atom. The van der Waals surface area contributed by atoms with Crippen molar-refractivity contribution in [1.29, 1.82) is 0 Å². The highest BCUT2D eigenvalue weighted by Gasteiger charge is 2.16. The number of allylic oxidation sites excluding steroid dienone is 1. The summed E-state index contributed by atoms with van der Waals surface area (Å²) in [5.41, 5.74) is 2.06. The van der Waals surface area contributed by atoms with Gasteiger partial charge in [-0.15, -0.1) is 0 Å². The van der Waals surface area contributed by atoms with E-state index in [9.17, 15) is 10.4 Å². The lowest BCUT2D eigenvalue weighted by atomic mass is 10.1. The topological polar surface area (TPSA) is 61.8 Å². The lowest BCUT2D eigenvalue weighted by molar-refractivity contribution is 0.150. The largest absolute Gasteiger partial charge is 0.731 e. The Bertz CT molecular complexity index is 392. The maximum atomic E-state index is 11.1. The average Bonchev–Trinajstić information content (AvgIpc) is 2.42. The molecule has 1 aromatic rings. The molecule has 0 fully saturated rings. The molecule has 0 atom stereocenters. The predicted molar refractivity (Wildman–Crippen MR) is 53.9 cm³/mol. The minimum absolute atomic E-state index is 0.185. The summed E-state index contributed by atoms with van der Waals surface area (Å²) in [6, 6.07) is 4.82.